The van der Waals surface area contributed by atoms with Crippen LogP contribution in [0.4, 0.5) is 5.69 Å². The van der Waals surface area contributed by atoms with Gasteiger partial charge in [-0.1, -0.05) is 35.9 Å². The largest absolute Gasteiger partial charge is 0.451 e. The highest BCUT2D eigenvalue weighted by atomic mass is 35.5. The Labute approximate surface area is 143 Å². The molecule has 0 aliphatic rings. The zero-order chi connectivity index (χ0) is 16.4. The number of hydrogen-bond acceptors (Lipinski definition) is 3. The third-order valence-corrected chi connectivity index (χ3v) is 3.92. The number of amides is 1. The Morgan fingerprint density at radius 3 is 2.70 bits per heavy atom. The normalized spacial score (nSPS) is 10.5. The first-order valence-corrected chi connectivity index (χ1v) is 7.68. The Kier molecular flexibility index (Phi) is 4.32. The molecular weight excluding hydrogens is 332 g/mol. The second-order valence-corrected chi connectivity index (χ2v) is 5.84. The van der Waals surface area contributed by atoms with Crippen molar-refractivity contribution in [2.24, 2.45) is 0 Å². The van der Waals surface area contributed by atoms with Crippen molar-refractivity contribution in [1.29, 1.82) is 0 Å². The molecule has 3 aromatic rings. The molecule has 0 atom stereocenters. The van der Waals surface area contributed by atoms with E-state index in [1.807, 2.05) is 37.3 Å². The van der Waals surface area contributed by atoms with Crippen molar-refractivity contribution in [3.63, 3.8) is 0 Å². The molecule has 0 bridgehead atoms. The van der Waals surface area contributed by atoms with Gasteiger partial charge in [0.2, 0.25) is 0 Å². The molecule has 0 aliphatic carbocycles. The third-order valence-electron chi connectivity index (χ3n) is 3.31. The molecular formula is C17H13ClN2O2S. The fourth-order valence-corrected chi connectivity index (χ4v) is 2.48. The fourth-order valence-electron chi connectivity index (χ4n) is 2.09. The van der Waals surface area contributed by atoms with Gasteiger partial charge in [0.05, 0.1) is 0 Å². The number of thiocarbonyl (C=S) groups is 1. The lowest BCUT2D eigenvalue weighted by molar-refractivity contribution is 0.0953. The van der Waals surface area contributed by atoms with Crippen molar-refractivity contribution in [3.8, 4) is 0 Å². The zero-order valence-corrected chi connectivity index (χ0v) is 13.8. The van der Waals surface area contributed by atoms with Crippen molar-refractivity contribution >= 4 is 51.5 Å². The van der Waals surface area contributed by atoms with Gasteiger partial charge in [-0.2, -0.15) is 0 Å². The summed E-state index contributed by atoms with van der Waals surface area (Å²) in [5.41, 5.74) is 2.33. The first kappa shape index (κ1) is 15.5. The molecule has 0 saturated carbocycles. The minimum absolute atomic E-state index is 0.176. The van der Waals surface area contributed by atoms with Crippen LogP contribution in [-0.4, -0.2) is 11.0 Å². The molecule has 0 fully saturated rings. The summed E-state index contributed by atoms with van der Waals surface area (Å²) in [6.45, 7) is 1.91. The lowest BCUT2D eigenvalue weighted by Gasteiger charge is -2.09. The standard InChI is InChI=1S/C17H13ClN2O2S/c1-10-6-7-12(9-13(10)18)19-17(23)20-16(21)15-8-11-4-2-3-5-14(11)22-15/h2-9H,1H3,(H2,19,20,21,23). The van der Waals surface area contributed by atoms with Crippen LogP contribution in [0.15, 0.2) is 52.9 Å². The topological polar surface area (TPSA) is 54.3 Å². The van der Waals surface area contributed by atoms with Gasteiger partial charge in [-0.05, 0) is 49.0 Å². The van der Waals surface area contributed by atoms with E-state index >= 15 is 0 Å². The van der Waals surface area contributed by atoms with Crippen molar-refractivity contribution < 1.29 is 9.21 Å². The summed E-state index contributed by atoms with van der Waals surface area (Å²) in [7, 11) is 0. The number of nitrogens with one attached hydrogen (secondary N) is 2. The van der Waals surface area contributed by atoms with Gasteiger partial charge in [-0.25, -0.2) is 0 Å². The van der Waals surface area contributed by atoms with Gasteiger partial charge in [0, 0.05) is 16.1 Å². The molecule has 3 rings (SSSR count). The molecule has 6 heteroatoms. The van der Waals surface area contributed by atoms with Crippen LogP contribution in [0.5, 0.6) is 0 Å². The maximum absolute atomic E-state index is 12.2. The van der Waals surface area contributed by atoms with E-state index in [4.69, 9.17) is 28.2 Å². The molecule has 0 radical (unpaired) electrons. The second kappa shape index (κ2) is 6.40. The Balaban J connectivity index is 1.69. The van der Waals surface area contributed by atoms with E-state index < -0.39 is 5.91 Å². The number of hydrogen-bond donors (Lipinski definition) is 2. The van der Waals surface area contributed by atoms with Crippen LogP contribution in [0.3, 0.4) is 0 Å². The highest BCUT2D eigenvalue weighted by molar-refractivity contribution is 7.80. The number of halogens is 1. The van der Waals surface area contributed by atoms with E-state index in [1.54, 1.807) is 18.2 Å². The number of para-hydroxylation sites is 1. The van der Waals surface area contributed by atoms with Crippen molar-refractivity contribution in [2.45, 2.75) is 6.92 Å². The van der Waals surface area contributed by atoms with E-state index in [9.17, 15) is 4.79 Å². The van der Waals surface area contributed by atoms with Gasteiger partial charge in [-0.3, -0.25) is 10.1 Å². The number of furan rings is 1. The van der Waals surface area contributed by atoms with E-state index in [0.717, 1.165) is 10.9 Å². The Morgan fingerprint density at radius 2 is 1.96 bits per heavy atom. The molecule has 0 aliphatic heterocycles. The monoisotopic (exact) mass is 344 g/mol. The summed E-state index contributed by atoms with van der Waals surface area (Å²) in [6.07, 6.45) is 0. The summed E-state index contributed by atoms with van der Waals surface area (Å²) < 4.78 is 5.50. The highest BCUT2D eigenvalue weighted by Gasteiger charge is 2.13. The molecule has 23 heavy (non-hydrogen) atoms. The molecule has 0 spiro atoms. The van der Waals surface area contributed by atoms with Crippen molar-refractivity contribution in [3.05, 3.63) is 64.9 Å². The first-order chi connectivity index (χ1) is 11.0. The summed E-state index contributed by atoms with van der Waals surface area (Å²) in [5, 5.41) is 7.17. The Bertz CT molecular complexity index is 871. The summed E-state index contributed by atoms with van der Waals surface area (Å²) in [4.78, 5) is 12.2. The van der Waals surface area contributed by atoms with Crippen LogP contribution in [0, 0.1) is 6.92 Å². The first-order valence-electron chi connectivity index (χ1n) is 6.90. The molecule has 2 aromatic carbocycles. The molecule has 0 saturated heterocycles. The minimum Gasteiger partial charge on any atom is -0.451 e. The van der Waals surface area contributed by atoms with E-state index in [2.05, 4.69) is 10.6 Å². The number of aryl methyl sites for hydroxylation is 1. The molecule has 1 aromatic heterocycles. The minimum atomic E-state index is -0.406. The number of carbonyl (C=O) groups is 1. The average molecular weight is 345 g/mol. The number of rotatable bonds is 2. The van der Waals surface area contributed by atoms with Crippen LogP contribution >= 0.6 is 23.8 Å². The van der Waals surface area contributed by atoms with Crippen LogP contribution in [0.1, 0.15) is 16.1 Å². The molecule has 2 N–H and O–H groups in total. The lowest BCUT2D eigenvalue weighted by Crippen LogP contribution is -2.33. The van der Waals surface area contributed by atoms with Gasteiger partial charge in [-0.15, -0.1) is 0 Å². The lowest BCUT2D eigenvalue weighted by atomic mass is 10.2. The predicted octanol–water partition coefficient (Wildman–Crippen LogP) is 4.52. The maximum atomic E-state index is 12.2. The van der Waals surface area contributed by atoms with Crippen molar-refractivity contribution in [1.82, 2.24) is 5.32 Å². The SMILES string of the molecule is Cc1ccc(NC(=S)NC(=O)c2cc3ccccc3o2)cc1Cl. The van der Waals surface area contributed by atoms with Gasteiger partial charge >= 0.3 is 0 Å². The van der Waals surface area contributed by atoms with Crippen LogP contribution in [0.25, 0.3) is 11.0 Å². The Hall–Kier alpha value is -2.37. The van der Waals surface area contributed by atoms with Crippen LogP contribution < -0.4 is 10.6 Å². The number of anilines is 1. The van der Waals surface area contributed by atoms with E-state index in [-0.39, 0.29) is 10.9 Å². The molecule has 116 valence electrons. The van der Waals surface area contributed by atoms with Crippen LogP contribution in [0.2, 0.25) is 5.02 Å². The molecule has 1 heterocycles. The van der Waals surface area contributed by atoms with Gasteiger partial charge in [0.25, 0.3) is 5.91 Å². The average Bonchev–Trinajstić information content (AvgIpc) is 2.95. The second-order valence-electron chi connectivity index (χ2n) is 5.02. The number of benzene rings is 2. The summed E-state index contributed by atoms with van der Waals surface area (Å²) >= 11 is 11.2. The third kappa shape index (κ3) is 3.52. The number of fused-ring (bicyclic) bond motifs is 1. The smallest absolute Gasteiger partial charge is 0.293 e. The fraction of sp³-hybridized carbons (Fsp3) is 0.0588. The van der Waals surface area contributed by atoms with E-state index in [1.165, 1.54) is 0 Å². The van der Waals surface area contributed by atoms with Gasteiger partial charge < -0.3 is 9.73 Å². The van der Waals surface area contributed by atoms with E-state index in [0.29, 0.717) is 16.3 Å². The summed E-state index contributed by atoms with van der Waals surface area (Å²) in [6, 6.07) is 14.5. The maximum Gasteiger partial charge on any atom is 0.293 e. The quantitative estimate of drug-likeness (QED) is 0.671. The molecule has 1 amide bonds. The Morgan fingerprint density at radius 1 is 1.17 bits per heavy atom. The molecule has 4 nitrogen and oxygen atoms in total. The predicted molar refractivity (Wildman–Crippen MR) is 96.1 cm³/mol. The van der Waals surface area contributed by atoms with Gasteiger partial charge in [0.15, 0.2) is 10.9 Å². The van der Waals surface area contributed by atoms with Gasteiger partial charge in [0.1, 0.15) is 5.58 Å². The molecule has 0 unspecified atom stereocenters. The number of carbonyl (C=O) groups excluding carboxylic acids is 1. The summed E-state index contributed by atoms with van der Waals surface area (Å²) in [5.74, 6) is -0.200. The van der Waals surface area contributed by atoms with Crippen molar-refractivity contribution in [2.75, 3.05) is 5.32 Å². The van der Waals surface area contributed by atoms with Crippen LogP contribution in [-0.2, 0) is 0 Å². The zero-order valence-electron chi connectivity index (χ0n) is 12.2. The highest BCUT2D eigenvalue weighted by Crippen LogP contribution is 2.20.